The van der Waals surface area contributed by atoms with Crippen molar-refractivity contribution in [3.8, 4) is 41.3 Å². The molecule has 3 fully saturated rings. The van der Waals surface area contributed by atoms with Crippen LogP contribution in [0.5, 0.6) is 11.8 Å². The third-order valence-corrected chi connectivity index (χ3v) is 9.69. The lowest BCUT2D eigenvalue weighted by Gasteiger charge is -2.31. The van der Waals surface area contributed by atoms with Crippen molar-refractivity contribution in [2.24, 2.45) is 5.92 Å². The minimum absolute atomic E-state index is 0.000647. The van der Waals surface area contributed by atoms with Gasteiger partial charge in [-0.2, -0.15) is 15.2 Å². The molecule has 3 aliphatic heterocycles. The molecule has 3 aromatic carbocycles. The summed E-state index contributed by atoms with van der Waals surface area (Å²) in [4.78, 5) is 13.5. The fourth-order valence-electron chi connectivity index (χ4n) is 7.50. The van der Waals surface area contributed by atoms with E-state index in [9.17, 15) is 19.1 Å². The van der Waals surface area contributed by atoms with Crippen LogP contribution < -0.4 is 9.64 Å². The lowest BCUT2D eigenvalue weighted by atomic mass is 9.93. The molecule has 4 aromatic rings. The topological polar surface area (TPSA) is 85.5 Å². The fourth-order valence-corrected chi connectivity index (χ4v) is 7.50. The summed E-state index contributed by atoms with van der Waals surface area (Å²) in [5, 5.41) is 21.3. The quantitative estimate of drug-likeness (QED) is 0.258. The van der Waals surface area contributed by atoms with Gasteiger partial charge in [0, 0.05) is 48.3 Å². The minimum atomic E-state index is -0.929. The molecule has 3 aliphatic rings. The van der Waals surface area contributed by atoms with Crippen LogP contribution in [-0.2, 0) is 0 Å². The first-order valence-corrected chi connectivity index (χ1v) is 15.4. The Hall–Kier alpha value is -4.54. The molecule has 0 amide bonds. The van der Waals surface area contributed by atoms with Crippen LogP contribution in [0.15, 0.2) is 36.4 Å². The Morgan fingerprint density at radius 3 is 2.76 bits per heavy atom. The second kappa shape index (κ2) is 11.4. The van der Waals surface area contributed by atoms with Crippen LogP contribution in [0.1, 0.15) is 44.1 Å². The van der Waals surface area contributed by atoms with E-state index >= 15 is 4.39 Å². The average Bonchev–Trinajstić information content (AvgIpc) is 3.44. The van der Waals surface area contributed by atoms with Crippen molar-refractivity contribution in [3.05, 3.63) is 53.6 Å². The maximum Gasteiger partial charge on any atom is 0.319 e. The van der Waals surface area contributed by atoms with Gasteiger partial charge in [-0.1, -0.05) is 18.1 Å². The zero-order valence-corrected chi connectivity index (χ0v) is 24.7. The molecule has 1 N–H and O–H groups in total. The van der Waals surface area contributed by atoms with Crippen LogP contribution in [0.4, 0.5) is 19.0 Å². The van der Waals surface area contributed by atoms with Gasteiger partial charge in [0.15, 0.2) is 5.82 Å². The molecule has 10 heteroatoms. The van der Waals surface area contributed by atoms with Crippen LogP contribution in [0.25, 0.3) is 32.8 Å². The third kappa shape index (κ3) is 5.07. The number of terminal acetylenes is 1. The molecule has 4 heterocycles. The van der Waals surface area contributed by atoms with E-state index in [4.69, 9.17) is 16.1 Å². The molecule has 3 saturated heterocycles. The number of hydrogen-bond donors (Lipinski definition) is 1. The van der Waals surface area contributed by atoms with Crippen molar-refractivity contribution >= 4 is 27.5 Å². The summed E-state index contributed by atoms with van der Waals surface area (Å²) in [6, 6.07) is 11.2. The predicted octanol–water partition coefficient (Wildman–Crippen LogP) is 6.50. The number of phenols is 1. The van der Waals surface area contributed by atoms with Crippen molar-refractivity contribution in [1.82, 2.24) is 14.9 Å². The number of nitrogens with zero attached hydrogens (tertiary/aromatic N) is 5. The second-order valence-corrected chi connectivity index (χ2v) is 12.4. The highest BCUT2D eigenvalue weighted by atomic mass is 19.1. The number of phenolic OH excluding ortho intramolecular Hbond substituents is 1. The summed E-state index contributed by atoms with van der Waals surface area (Å²) in [5.74, 6) is 1.35. The lowest BCUT2D eigenvalue weighted by molar-refractivity contribution is 0.107. The molecule has 230 valence electrons. The summed E-state index contributed by atoms with van der Waals surface area (Å²) < 4.78 is 52.2. The van der Waals surface area contributed by atoms with Crippen molar-refractivity contribution in [3.63, 3.8) is 0 Å². The van der Waals surface area contributed by atoms with Crippen LogP contribution in [0, 0.1) is 41.2 Å². The summed E-state index contributed by atoms with van der Waals surface area (Å²) in [5.41, 5.74) is -0.171. The van der Waals surface area contributed by atoms with E-state index in [0.29, 0.717) is 54.5 Å². The van der Waals surface area contributed by atoms with Crippen LogP contribution in [-0.4, -0.2) is 64.5 Å². The van der Waals surface area contributed by atoms with E-state index in [1.807, 2.05) is 4.90 Å². The molecule has 0 bridgehead atoms. The Kier molecular flexibility index (Phi) is 7.41. The number of benzene rings is 3. The van der Waals surface area contributed by atoms with Crippen molar-refractivity contribution in [1.29, 1.82) is 5.26 Å². The third-order valence-electron chi connectivity index (χ3n) is 9.69. The highest BCUT2D eigenvalue weighted by Crippen LogP contribution is 2.42. The zero-order valence-electron chi connectivity index (χ0n) is 24.7. The number of halogens is 3. The SMILES string of the molecule is C#Cc1c(F)ccc2cc(O)cc(-c3ccc4c(N5CCCC(C#N)CC5)nc(OC[C@@]56CCCN5C[C@H](F)C6)nc4c3F)c12. The van der Waals surface area contributed by atoms with Gasteiger partial charge in [-0.15, -0.1) is 6.42 Å². The van der Waals surface area contributed by atoms with Crippen molar-refractivity contribution in [2.45, 2.75) is 50.2 Å². The van der Waals surface area contributed by atoms with Crippen molar-refractivity contribution < 1.29 is 23.0 Å². The maximum absolute atomic E-state index is 16.8. The van der Waals surface area contributed by atoms with Crippen LogP contribution in [0.3, 0.4) is 0 Å². The Labute approximate surface area is 259 Å². The van der Waals surface area contributed by atoms with E-state index in [1.165, 1.54) is 24.3 Å². The molecule has 45 heavy (non-hydrogen) atoms. The number of nitriles is 1. The molecular weight excluding hydrogens is 579 g/mol. The Morgan fingerprint density at radius 2 is 1.93 bits per heavy atom. The van der Waals surface area contributed by atoms with Gasteiger partial charge in [-0.25, -0.2) is 13.2 Å². The van der Waals surface area contributed by atoms with Gasteiger partial charge in [-0.05, 0) is 73.9 Å². The number of anilines is 1. The number of ether oxygens (including phenoxy) is 1. The Bertz CT molecular complexity index is 1900. The maximum atomic E-state index is 16.8. The fraction of sp³-hybridized carbons (Fsp3) is 0.400. The molecule has 1 aromatic heterocycles. The Morgan fingerprint density at radius 1 is 1.07 bits per heavy atom. The lowest BCUT2D eigenvalue weighted by Crippen LogP contribution is -2.43. The molecule has 0 radical (unpaired) electrons. The molecule has 0 saturated carbocycles. The van der Waals surface area contributed by atoms with Gasteiger partial charge in [0.05, 0.1) is 17.2 Å². The molecule has 7 nitrogen and oxygen atoms in total. The van der Waals surface area contributed by atoms with Gasteiger partial charge in [0.2, 0.25) is 0 Å². The smallest absolute Gasteiger partial charge is 0.319 e. The second-order valence-electron chi connectivity index (χ2n) is 12.4. The summed E-state index contributed by atoms with van der Waals surface area (Å²) >= 11 is 0. The van der Waals surface area contributed by atoms with Crippen LogP contribution >= 0.6 is 0 Å². The van der Waals surface area contributed by atoms with E-state index in [1.54, 1.807) is 12.1 Å². The van der Waals surface area contributed by atoms with Gasteiger partial charge in [0.25, 0.3) is 0 Å². The number of aromatic nitrogens is 2. The normalized spacial score (nSPS) is 23.5. The average molecular weight is 612 g/mol. The first-order chi connectivity index (χ1) is 21.8. The van der Waals surface area contributed by atoms with Crippen molar-refractivity contribution in [2.75, 3.05) is 37.7 Å². The van der Waals surface area contributed by atoms with Gasteiger partial charge >= 0.3 is 6.01 Å². The molecule has 0 spiro atoms. The summed E-state index contributed by atoms with van der Waals surface area (Å²) in [7, 11) is 0. The monoisotopic (exact) mass is 611 g/mol. The van der Waals surface area contributed by atoms with E-state index in [-0.39, 0.29) is 46.5 Å². The number of alkyl halides is 1. The number of hydrogen-bond acceptors (Lipinski definition) is 7. The highest BCUT2D eigenvalue weighted by Gasteiger charge is 2.49. The summed E-state index contributed by atoms with van der Waals surface area (Å²) in [6.45, 7) is 2.53. The van der Waals surface area contributed by atoms with E-state index in [2.05, 4.69) is 21.9 Å². The van der Waals surface area contributed by atoms with E-state index < -0.39 is 23.3 Å². The van der Waals surface area contributed by atoms with E-state index in [0.717, 1.165) is 32.2 Å². The number of aromatic hydroxyl groups is 1. The predicted molar refractivity (Wildman–Crippen MR) is 166 cm³/mol. The molecule has 7 rings (SSSR count). The van der Waals surface area contributed by atoms with Crippen LogP contribution in [0.2, 0.25) is 0 Å². The highest BCUT2D eigenvalue weighted by molar-refractivity contribution is 6.04. The first kappa shape index (κ1) is 29.2. The zero-order chi connectivity index (χ0) is 31.3. The summed E-state index contributed by atoms with van der Waals surface area (Å²) in [6.07, 6.45) is 9.04. The first-order valence-electron chi connectivity index (χ1n) is 15.4. The molecule has 1 unspecified atom stereocenters. The molecular formula is C35H32F3N5O2. The van der Waals surface area contributed by atoms with Gasteiger partial charge in [-0.3, -0.25) is 4.90 Å². The Balaban J connectivity index is 1.37. The largest absolute Gasteiger partial charge is 0.508 e. The number of rotatable bonds is 5. The molecule has 0 aliphatic carbocycles. The standard InChI is InChI=1S/C35H32F3N5O2/c1-2-25-29(37)9-6-22-15-24(44)16-28(30(22)25)26-7-8-27-32(31(26)38)40-34(41-33(27)42-12-3-5-21(18-39)10-14-42)45-20-35-11-4-13-43(35)19-23(36)17-35/h1,6-9,15-16,21,23,44H,3-5,10-14,17,19-20H2/t21?,23-,35+/m1/s1. The minimum Gasteiger partial charge on any atom is -0.508 e. The van der Waals surface area contributed by atoms with Gasteiger partial charge in [0.1, 0.15) is 35.7 Å². The molecule has 3 atom stereocenters. The number of fused-ring (bicyclic) bond motifs is 3. The van der Waals surface area contributed by atoms with Gasteiger partial charge < -0.3 is 14.7 Å².